The minimum atomic E-state index is 0.242. The number of nitrogens with two attached hydrogens (primary N) is 1. The molecule has 1 aromatic carbocycles. The lowest BCUT2D eigenvalue weighted by molar-refractivity contribution is 0.687. The molecule has 5 heteroatoms. The van der Waals surface area contributed by atoms with Crippen LogP contribution in [0.2, 0.25) is 0 Å². The summed E-state index contributed by atoms with van der Waals surface area (Å²) < 4.78 is 1.87. The molecule has 0 radical (unpaired) electrons. The van der Waals surface area contributed by atoms with E-state index in [1.807, 2.05) is 41.2 Å². The third kappa shape index (κ3) is 3.13. The van der Waals surface area contributed by atoms with Crippen molar-refractivity contribution >= 4 is 5.82 Å². The molecule has 0 aliphatic rings. The fourth-order valence-electron chi connectivity index (χ4n) is 2.64. The Balaban J connectivity index is 2.07. The molecule has 3 rings (SSSR count). The monoisotopic (exact) mass is 317 g/mol. The van der Waals surface area contributed by atoms with E-state index < -0.39 is 0 Å². The van der Waals surface area contributed by atoms with Crippen LogP contribution in [-0.2, 0) is 6.54 Å². The second kappa shape index (κ2) is 6.55. The number of nitrogen functional groups attached to an aromatic ring is 1. The van der Waals surface area contributed by atoms with Gasteiger partial charge < -0.3 is 5.73 Å². The van der Waals surface area contributed by atoms with Gasteiger partial charge in [-0.1, -0.05) is 32.0 Å². The molecule has 2 heterocycles. The van der Waals surface area contributed by atoms with E-state index in [4.69, 9.17) is 5.73 Å². The third-order valence-corrected chi connectivity index (χ3v) is 3.91. The van der Waals surface area contributed by atoms with E-state index >= 15 is 0 Å². The molecule has 3 aromatic rings. The standard InChI is InChI=1S/C19H19N5/c1-13(2)18-10-16(17(11-20)19(21)23-18)15-6-3-5-14(9-15)12-24-8-4-7-22-24/h3-10,13H,12H2,1-2H3,(H2,21,23). The highest BCUT2D eigenvalue weighted by molar-refractivity contribution is 5.76. The largest absolute Gasteiger partial charge is 0.383 e. The summed E-state index contributed by atoms with van der Waals surface area (Å²) in [7, 11) is 0. The summed E-state index contributed by atoms with van der Waals surface area (Å²) in [6.07, 6.45) is 3.69. The van der Waals surface area contributed by atoms with Crippen LogP contribution >= 0.6 is 0 Å². The van der Waals surface area contributed by atoms with Gasteiger partial charge in [0, 0.05) is 23.7 Å². The molecule has 0 atom stereocenters. The highest BCUT2D eigenvalue weighted by Crippen LogP contribution is 2.30. The first-order valence-corrected chi connectivity index (χ1v) is 7.85. The van der Waals surface area contributed by atoms with Crippen molar-refractivity contribution in [2.75, 3.05) is 5.73 Å². The van der Waals surface area contributed by atoms with E-state index in [-0.39, 0.29) is 11.7 Å². The Morgan fingerprint density at radius 2 is 2.08 bits per heavy atom. The van der Waals surface area contributed by atoms with Crippen LogP contribution in [0.15, 0.2) is 48.8 Å². The molecule has 0 saturated carbocycles. The van der Waals surface area contributed by atoms with Crippen molar-refractivity contribution < 1.29 is 0 Å². The summed E-state index contributed by atoms with van der Waals surface area (Å²) in [5.74, 6) is 0.530. The lowest BCUT2D eigenvalue weighted by Crippen LogP contribution is -2.04. The molecular weight excluding hydrogens is 298 g/mol. The molecule has 0 aliphatic carbocycles. The first-order valence-electron chi connectivity index (χ1n) is 7.85. The Hall–Kier alpha value is -3.13. The maximum absolute atomic E-state index is 9.48. The van der Waals surface area contributed by atoms with Crippen LogP contribution in [0, 0.1) is 11.3 Å². The van der Waals surface area contributed by atoms with Crippen LogP contribution in [0.1, 0.15) is 36.6 Å². The molecule has 0 saturated heterocycles. The maximum Gasteiger partial charge on any atom is 0.142 e. The summed E-state index contributed by atoms with van der Waals surface area (Å²) in [5, 5.41) is 13.7. The third-order valence-electron chi connectivity index (χ3n) is 3.91. The molecule has 0 unspecified atom stereocenters. The van der Waals surface area contributed by atoms with Crippen LogP contribution in [0.4, 0.5) is 5.82 Å². The molecule has 0 bridgehead atoms. The second-order valence-electron chi connectivity index (χ2n) is 6.03. The lowest BCUT2D eigenvalue weighted by atomic mass is 9.96. The van der Waals surface area contributed by atoms with E-state index in [0.717, 1.165) is 22.4 Å². The Morgan fingerprint density at radius 3 is 2.75 bits per heavy atom. The van der Waals surface area contributed by atoms with Gasteiger partial charge in [0.15, 0.2) is 0 Å². The molecule has 120 valence electrons. The van der Waals surface area contributed by atoms with Crippen molar-refractivity contribution in [3.05, 3.63) is 65.6 Å². The van der Waals surface area contributed by atoms with E-state index in [1.54, 1.807) is 6.20 Å². The van der Waals surface area contributed by atoms with Gasteiger partial charge >= 0.3 is 0 Å². The molecule has 2 N–H and O–H groups in total. The van der Waals surface area contributed by atoms with Crippen molar-refractivity contribution in [3.63, 3.8) is 0 Å². The van der Waals surface area contributed by atoms with Crippen LogP contribution in [0.5, 0.6) is 0 Å². The van der Waals surface area contributed by atoms with Crippen LogP contribution in [0.25, 0.3) is 11.1 Å². The zero-order valence-corrected chi connectivity index (χ0v) is 13.8. The number of anilines is 1. The van der Waals surface area contributed by atoms with Gasteiger partial charge in [-0.05, 0) is 35.2 Å². The summed E-state index contributed by atoms with van der Waals surface area (Å²) in [6.45, 7) is 4.80. The zero-order chi connectivity index (χ0) is 17.1. The minimum absolute atomic E-state index is 0.242. The highest BCUT2D eigenvalue weighted by atomic mass is 15.3. The van der Waals surface area contributed by atoms with Crippen molar-refractivity contribution in [1.29, 1.82) is 5.26 Å². The number of hydrogen-bond donors (Lipinski definition) is 1. The summed E-state index contributed by atoms with van der Waals surface area (Å²) in [6, 6.07) is 14.1. The molecule has 24 heavy (non-hydrogen) atoms. The van der Waals surface area contributed by atoms with Crippen LogP contribution in [-0.4, -0.2) is 14.8 Å². The SMILES string of the molecule is CC(C)c1cc(-c2cccc(Cn3cccn3)c2)c(C#N)c(N)n1. The quantitative estimate of drug-likeness (QED) is 0.797. The van der Waals surface area contributed by atoms with Crippen molar-refractivity contribution in [3.8, 4) is 17.2 Å². The fraction of sp³-hybridized carbons (Fsp3) is 0.211. The van der Waals surface area contributed by atoms with Crippen LogP contribution < -0.4 is 5.73 Å². The molecule has 5 nitrogen and oxygen atoms in total. The molecular formula is C19H19N5. The minimum Gasteiger partial charge on any atom is -0.383 e. The topological polar surface area (TPSA) is 80.5 Å². The molecule has 0 aliphatic heterocycles. The molecule has 0 amide bonds. The molecule has 2 aromatic heterocycles. The van der Waals surface area contributed by atoms with E-state index in [1.165, 1.54) is 0 Å². The van der Waals surface area contributed by atoms with Gasteiger partial charge in [-0.15, -0.1) is 0 Å². The molecule has 0 spiro atoms. The Labute approximate surface area is 141 Å². The number of nitrogens with zero attached hydrogens (tertiary/aromatic N) is 4. The van der Waals surface area contributed by atoms with Gasteiger partial charge in [-0.25, -0.2) is 4.98 Å². The predicted octanol–water partition coefficient (Wildman–Crippen LogP) is 3.57. The van der Waals surface area contributed by atoms with E-state index in [2.05, 4.69) is 36.1 Å². The Morgan fingerprint density at radius 1 is 1.25 bits per heavy atom. The average molecular weight is 317 g/mol. The zero-order valence-electron chi connectivity index (χ0n) is 13.8. The first kappa shape index (κ1) is 15.8. The van der Waals surface area contributed by atoms with Crippen molar-refractivity contribution in [1.82, 2.24) is 14.8 Å². The number of rotatable bonds is 4. The first-order chi connectivity index (χ1) is 11.6. The lowest BCUT2D eigenvalue weighted by Gasteiger charge is -2.13. The van der Waals surface area contributed by atoms with Gasteiger partial charge in [0.05, 0.1) is 6.54 Å². The number of hydrogen-bond acceptors (Lipinski definition) is 4. The number of pyridine rings is 1. The van der Waals surface area contributed by atoms with Crippen LogP contribution in [0.3, 0.4) is 0 Å². The normalized spacial score (nSPS) is 10.8. The fourth-order valence-corrected chi connectivity index (χ4v) is 2.64. The van der Waals surface area contributed by atoms with Gasteiger partial charge in [0.25, 0.3) is 0 Å². The van der Waals surface area contributed by atoms with Gasteiger partial charge in [0.2, 0.25) is 0 Å². The summed E-state index contributed by atoms with van der Waals surface area (Å²) in [4.78, 5) is 4.35. The maximum atomic E-state index is 9.48. The Kier molecular flexibility index (Phi) is 4.30. The van der Waals surface area contributed by atoms with Crippen molar-refractivity contribution in [2.45, 2.75) is 26.3 Å². The summed E-state index contributed by atoms with van der Waals surface area (Å²) >= 11 is 0. The molecule has 0 fully saturated rings. The van der Waals surface area contributed by atoms with Gasteiger partial charge in [0.1, 0.15) is 17.5 Å². The van der Waals surface area contributed by atoms with Crippen molar-refractivity contribution in [2.24, 2.45) is 0 Å². The smallest absolute Gasteiger partial charge is 0.142 e. The second-order valence-corrected chi connectivity index (χ2v) is 6.03. The Bertz CT molecular complexity index is 889. The number of aromatic nitrogens is 3. The number of benzene rings is 1. The van der Waals surface area contributed by atoms with Gasteiger partial charge in [-0.2, -0.15) is 10.4 Å². The van der Waals surface area contributed by atoms with E-state index in [0.29, 0.717) is 12.1 Å². The van der Waals surface area contributed by atoms with E-state index in [9.17, 15) is 5.26 Å². The van der Waals surface area contributed by atoms with Gasteiger partial charge in [-0.3, -0.25) is 4.68 Å². The summed E-state index contributed by atoms with van der Waals surface area (Å²) in [5.41, 5.74) is 10.2. The number of nitriles is 1. The predicted molar refractivity (Wildman–Crippen MR) is 94.2 cm³/mol. The average Bonchev–Trinajstić information content (AvgIpc) is 3.07. The highest BCUT2D eigenvalue weighted by Gasteiger charge is 2.14.